The molecule has 0 N–H and O–H groups in total. The van der Waals surface area contributed by atoms with Crippen molar-refractivity contribution in [1.29, 1.82) is 0 Å². The smallest absolute Gasteiger partial charge is 0.264 e. The first-order valence-electron chi connectivity index (χ1n) is 5.38. The molecular weight excluding hydrogens is 240 g/mol. The van der Waals surface area contributed by atoms with Crippen LogP contribution in [0.3, 0.4) is 0 Å². The molecule has 1 aromatic carbocycles. The predicted octanol–water partition coefficient (Wildman–Crippen LogP) is 1.85. The van der Waals surface area contributed by atoms with E-state index < -0.39 is 10.1 Å². The van der Waals surface area contributed by atoms with Crippen LogP contribution in [0.4, 0.5) is 0 Å². The molecule has 1 atom stereocenters. The van der Waals surface area contributed by atoms with Gasteiger partial charge in [0, 0.05) is 0 Å². The Morgan fingerprint density at radius 1 is 1.24 bits per heavy atom. The fourth-order valence-corrected chi connectivity index (χ4v) is 1.94. The highest BCUT2D eigenvalue weighted by Gasteiger charge is 2.08. The summed E-state index contributed by atoms with van der Waals surface area (Å²) in [6, 6.07) is 7.71. The average Bonchev–Trinajstić information content (AvgIpc) is 2.27. The van der Waals surface area contributed by atoms with Crippen LogP contribution >= 0.6 is 0 Å². The SMILES string of the molecule is COc1ccc(CC(C)COS(C)(=O)=O)cc1. The lowest BCUT2D eigenvalue weighted by molar-refractivity contribution is 0.266. The molecular formula is C12H18O4S. The molecule has 0 heterocycles. The topological polar surface area (TPSA) is 52.6 Å². The molecule has 0 bridgehead atoms. The lowest BCUT2D eigenvalue weighted by atomic mass is 10.0. The van der Waals surface area contributed by atoms with Gasteiger partial charge in [-0.25, -0.2) is 0 Å². The number of ether oxygens (including phenoxy) is 1. The molecule has 0 spiro atoms. The maximum Gasteiger partial charge on any atom is 0.264 e. The van der Waals surface area contributed by atoms with Gasteiger partial charge in [-0.15, -0.1) is 0 Å². The van der Waals surface area contributed by atoms with Crippen LogP contribution in [0, 0.1) is 5.92 Å². The fraction of sp³-hybridized carbons (Fsp3) is 0.500. The van der Waals surface area contributed by atoms with Gasteiger partial charge >= 0.3 is 0 Å². The maximum absolute atomic E-state index is 10.8. The van der Waals surface area contributed by atoms with Gasteiger partial charge in [0.25, 0.3) is 10.1 Å². The van der Waals surface area contributed by atoms with Gasteiger partial charge in [-0.1, -0.05) is 19.1 Å². The molecule has 17 heavy (non-hydrogen) atoms. The lowest BCUT2D eigenvalue weighted by Crippen LogP contribution is -2.13. The van der Waals surface area contributed by atoms with Gasteiger partial charge < -0.3 is 4.74 Å². The molecule has 0 saturated heterocycles. The zero-order valence-electron chi connectivity index (χ0n) is 10.3. The highest BCUT2D eigenvalue weighted by atomic mass is 32.2. The van der Waals surface area contributed by atoms with Crippen LogP contribution in [-0.4, -0.2) is 28.4 Å². The summed E-state index contributed by atoms with van der Waals surface area (Å²) in [4.78, 5) is 0. The number of hydrogen-bond donors (Lipinski definition) is 0. The third kappa shape index (κ3) is 5.70. The Balaban J connectivity index is 2.47. The minimum Gasteiger partial charge on any atom is -0.497 e. The van der Waals surface area contributed by atoms with Crippen LogP contribution in [0.5, 0.6) is 5.75 Å². The summed E-state index contributed by atoms with van der Waals surface area (Å²) in [7, 11) is -1.72. The van der Waals surface area contributed by atoms with Gasteiger partial charge in [0.15, 0.2) is 0 Å². The third-order valence-electron chi connectivity index (χ3n) is 2.31. The van der Waals surface area contributed by atoms with Crippen molar-refractivity contribution in [1.82, 2.24) is 0 Å². The third-order valence-corrected chi connectivity index (χ3v) is 2.87. The van der Waals surface area contributed by atoms with Crippen molar-refractivity contribution in [2.45, 2.75) is 13.3 Å². The highest BCUT2D eigenvalue weighted by molar-refractivity contribution is 7.85. The van der Waals surface area contributed by atoms with E-state index in [2.05, 4.69) is 0 Å². The molecule has 1 aromatic rings. The van der Waals surface area contributed by atoms with Gasteiger partial charge in [-0.3, -0.25) is 4.18 Å². The highest BCUT2D eigenvalue weighted by Crippen LogP contribution is 2.15. The minimum atomic E-state index is -3.34. The standard InChI is InChI=1S/C12H18O4S/c1-10(9-16-17(3,13)14)8-11-4-6-12(15-2)7-5-11/h4-7,10H,8-9H2,1-3H3. The molecule has 96 valence electrons. The van der Waals surface area contributed by atoms with Gasteiger partial charge in [-0.05, 0) is 30.0 Å². The van der Waals surface area contributed by atoms with Crippen molar-refractivity contribution >= 4 is 10.1 Å². The van der Waals surface area contributed by atoms with Gasteiger partial charge in [0.1, 0.15) is 5.75 Å². The van der Waals surface area contributed by atoms with E-state index in [1.54, 1.807) is 7.11 Å². The average molecular weight is 258 g/mol. The first-order chi connectivity index (χ1) is 7.90. The van der Waals surface area contributed by atoms with Crippen LogP contribution < -0.4 is 4.74 Å². The van der Waals surface area contributed by atoms with Gasteiger partial charge in [0.2, 0.25) is 0 Å². The Labute approximate surface area is 103 Å². The predicted molar refractivity (Wildman–Crippen MR) is 66.7 cm³/mol. The van der Waals surface area contributed by atoms with Crippen LogP contribution in [0.2, 0.25) is 0 Å². The Kier molecular flexibility index (Phi) is 4.96. The van der Waals surface area contributed by atoms with Crippen molar-refractivity contribution in [3.63, 3.8) is 0 Å². The van der Waals surface area contributed by atoms with Crippen LogP contribution in [-0.2, 0) is 20.7 Å². The lowest BCUT2D eigenvalue weighted by Gasteiger charge is -2.11. The molecule has 1 unspecified atom stereocenters. The molecule has 4 nitrogen and oxygen atoms in total. The van der Waals surface area contributed by atoms with Crippen molar-refractivity contribution in [3.8, 4) is 5.75 Å². The summed E-state index contributed by atoms with van der Waals surface area (Å²) >= 11 is 0. The minimum absolute atomic E-state index is 0.151. The van der Waals surface area contributed by atoms with Crippen molar-refractivity contribution in [2.75, 3.05) is 20.0 Å². The second-order valence-electron chi connectivity index (χ2n) is 4.15. The van der Waals surface area contributed by atoms with E-state index in [0.717, 1.165) is 24.0 Å². The van der Waals surface area contributed by atoms with E-state index in [1.807, 2.05) is 31.2 Å². The fourth-order valence-electron chi connectivity index (χ4n) is 1.46. The summed E-state index contributed by atoms with van der Waals surface area (Å²) in [6.07, 6.45) is 1.84. The van der Waals surface area contributed by atoms with E-state index in [0.29, 0.717) is 0 Å². The van der Waals surface area contributed by atoms with Crippen LogP contribution in [0.15, 0.2) is 24.3 Å². The number of methoxy groups -OCH3 is 1. The Hall–Kier alpha value is -1.07. The number of benzene rings is 1. The van der Waals surface area contributed by atoms with Gasteiger partial charge in [0.05, 0.1) is 20.0 Å². The second-order valence-corrected chi connectivity index (χ2v) is 5.79. The second kappa shape index (κ2) is 6.02. The zero-order chi connectivity index (χ0) is 12.9. The molecule has 0 aliphatic rings. The van der Waals surface area contributed by atoms with E-state index in [9.17, 15) is 8.42 Å². The molecule has 0 saturated carbocycles. The molecule has 0 aliphatic carbocycles. The molecule has 0 fully saturated rings. The molecule has 5 heteroatoms. The van der Waals surface area contributed by atoms with E-state index in [1.165, 1.54) is 0 Å². The van der Waals surface area contributed by atoms with Crippen molar-refractivity contribution in [3.05, 3.63) is 29.8 Å². The monoisotopic (exact) mass is 258 g/mol. The summed E-state index contributed by atoms with van der Waals surface area (Å²) in [5.74, 6) is 0.965. The van der Waals surface area contributed by atoms with E-state index in [-0.39, 0.29) is 12.5 Å². The largest absolute Gasteiger partial charge is 0.497 e. The van der Waals surface area contributed by atoms with Crippen LogP contribution in [0.25, 0.3) is 0 Å². The zero-order valence-corrected chi connectivity index (χ0v) is 11.2. The molecule has 1 rings (SSSR count). The number of rotatable bonds is 6. The quantitative estimate of drug-likeness (QED) is 0.731. The van der Waals surface area contributed by atoms with Crippen molar-refractivity contribution in [2.24, 2.45) is 5.92 Å². The van der Waals surface area contributed by atoms with Crippen molar-refractivity contribution < 1.29 is 17.3 Å². The van der Waals surface area contributed by atoms with E-state index >= 15 is 0 Å². The maximum atomic E-state index is 10.8. The molecule has 0 radical (unpaired) electrons. The van der Waals surface area contributed by atoms with Gasteiger partial charge in [-0.2, -0.15) is 8.42 Å². The summed E-state index contributed by atoms with van der Waals surface area (Å²) in [6.45, 7) is 2.17. The Morgan fingerprint density at radius 3 is 2.29 bits per heavy atom. The summed E-state index contributed by atoms with van der Waals surface area (Å²) in [5.41, 5.74) is 1.13. The molecule has 0 aromatic heterocycles. The first-order valence-corrected chi connectivity index (χ1v) is 7.19. The summed E-state index contributed by atoms with van der Waals surface area (Å²) in [5, 5.41) is 0. The molecule has 0 aliphatic heterocycles. The van der Waals surface area contributed by atoms with Crippen LogP contribution in [0.1, 0.15) is 12.5 Å². The first kappa shape index (κ1) is 14.0. The Morgan fingerprint density at radius 2 is 1.82 bits per heavy atom. The number of hydrogen-bond acceptors (Lipinski definition) is 4. The normalized spacial score (nSPS) is 13.4. The Bertz CT molecular complexity index is 436. The summed E-state index contributed by atoms with van der Waals surface area (Å²) < 4.78 is 31.5. The van der Waals surface area contributed by atoms with E-state index in [4.69, 9.17) is 8.92 Å². The molecule has 0 amide bonds.